The van der Waals surface area contributed by atoms with Gasteiger partial charge < -0.3 is 10.0 Å². The van der Waals surface area contributed by atoms with Gasteiger partial charge in [-0.1, -0.05) is 27.2 Å². The third-order valence-corrected chi connectivity index (χ3v) is 5.60. The molecule has 7 heteroatoms. The maximum absolute atomic E-state index is 12.5. The molecule has 6 nitrogen and oxygen atoms in total. The number of hydrogen-bond acceptors (Lipinski definition) is 5. The highest BCUT2D eigenvalue weighted by molar-refractivity contribution is 7.09. The number of nitrogens with one attached hydrogen (secondary N) is 1. The van der Waals surface area contributed by atoms with Crippen molar-refractivity contribution < 1.29 is 9.90 Å². The smallest absolute Gasteiger partial charge is 0.323 e. The van der Waals surface area contributed by atoms with Crippen LogP contribution in [0.3, 0.4) is 0 Å². The van der Waals surface area contributed by atoms with E-state index in [0.717, 1.165) is 31.5 Å². The van der Waals surface area contributed by atoms with Crippen molar-refractivity contribution in [2.24, 2.45) is 5.41 Å². The van der Waals surface area contributed by atoms with E-state index in [1.165, 1.54) is 11.5 Å². The summed E-state index contributed by atoms with van der Waals surface area (Å²) in [6.45, 7) is 7.04. The number of aliphatic hydroxyl groups excluding tert-OH is 1. The molecule has 2 atom stereocenters. The maximum Gasteiger partial charge on any atom is 0.323 e. The van der Waals surface area contributed by atoms with Crippen LogP contribution in [0, 0.1) is 5.41 Å². The van der Waals surface area contributed by atoms with E-state index < -0.39 is 0 Å². The Balaban J connectivity index is 1.69. The number of aromatic nitrogens is 2. The molecule has 2 amide bonds. The number of urea groups is 1. The van der Waals surface area contributed by atoms with Gasteiger partial charge in [0.05, 0.1) is 6.61 Å². The number of aliphatic hydroxyl groups is 1. The van der Waals surface area contributed by atoms with Gasteiger partial charge in [-0.15, -0.1) is 0 Å². The molecule has 0 spiro atoms. The molecule has 1 aromatic heterocycles. The van der Waals surface area contributed by atoms with Crippen LogP contribution < -0.4 is 5.32 Å². The highest BCUT2D eigenvalue weighted by Gasteiger charge is 2.51. The van der Waals surface area contributed by atoms with Crippen molar-refractivity contribution in [1.29, 1.82) is 0 Å². The average molecular weight is 324 g/mol. The summed E-state index contributed by atoms with van der Waals surface area (Å²) in [5, 5.41) is 13.2. The van der Waals surface area contributed by atoms with E-state index >= 15 is 0 Å². The molecule has 0 radical (unpaired) electrons. The largest absolute Gasteiger partial charge is 0.396 e. The van der Waals surface area contributed by atoms with Gasteiger partial charge in [-0.05, 0) is 19.3 Å². The molecular weight excluding hydrogens is 300 g/mol. The van der Waals surface area contributed by atoms with Crippen molar-refractivity contribution in [3.63, 3.8) is 0 Å². The fourth-order valence-corrected chi connectivity index (χ4v) is 4.39. The van der Waals surface area contributed by atoms with Crippen molar-refractivity contribution in [2.45, 2.75) is 57.9 Å². The molecule has 122 valence electrons. The lowest BCUT2D eigenvalue weighted by atomic mass is 9.83. The summed E-state index contributed by atoms with van der Waals surface area (Å²) >= 11 is 1.22. The lowest BCUT2D eigenvalue weighted by Gasteiger charge is -2.30. The number of carbonyl (C=O) groups is 1. The lowest BCUT2D eigenvalue weighted by molar-refractivity contribution is 0.108. The van der Waals surface area contributed by atoms with Crippen molar-refractivity contribution in [3.05, 3.63) is 5.82 Å². The molecule has 1 saturated heterocycles. The Labute approximate surface area is 135 Å². The maximum atomic E-state index is 12.5. The van der Waals surface area contributed by atoms with Crippen LogP contribution in [0.25, 0.3) is 0 Å². The molecule has 3 rings (SSSR count). The molecule has 2 heterocycles. The predicted octanol–water partition coefficient (Wildman–Crippen LogP) is 2.60. The Morgan fingerprint density at radius 1 is 1.50 bits per heavy atom. The molecule has 1 aliphatic carbocycles. The minimum absolute atomic E-state index is 0.0744. The fourth-order valence-electron chi connectivity index (χ4n) is 3.65. The second-order valence-electron chi connectivity index (χ2n) is 7.48. The van der Waals surface area contributed by atoms with Crippen molar-refractivity contribution in [1.82, 2.24) is 14.3 Å². The van der Waals surface area contributed by atoms with E-state index in [9.17, 15) is 9.90 Å². The number of anilines is 1. The molecule has 1 aliphatic heterocycles. The lowest BCUT2D eigenvalue weighted by Crippen LogP contribution is -2.43. The summed E-state index contributed by atoms with van der Waals surface area (Å²) < 4.78 is 4.32. The second kappa shape index (κ2) is 5.45. The Morgan fingerprint density at radius 2 is 2.27 bits per heavy atom. The summed E-state index contributed by atoms with van der Waals surface area (Å²) in [7, 11) is 0. The van der Waals surface area contributed by atoms with Gasteiger partial charge in [0.15, 0.2) is 0 Å². The molecule has 22 heavy (non-hydrogen) atoms. The van der Waals surface area contributed by atoms with E-state index in [2.05, 4.69) is 35.4 Å². The van der Waals surface area contributed by atoms with Crippen LogP contribution in [-0.2, 0) is 5.41 Å². The van der Waals surface area contributed by atoms with Gasteiger partial charge in [0.25, 0.3) is 0 Å². The average Bonchev–Trinajstić information content (AvgIpc) is 3.10. The molecule has 2 fully saturated rings. The predicted molar refractivity (Wildman–Crippen MR) is 86.1 cm³/mol. The standard InChI is InChI=1S/C15H24N4O2S/c1-14(2,3)11-16-12(22-18-11)17-13(21)19-8-7-15(9-20)6-4-5-10(15)19/h10,20H,4-9H2,1-3H3,(H,16,17,18,21)/t10-,15-/m1/s1. The van der Waals surface area contributed by atoms with Crippen LogP contribution >= 0.6 is 11.5 Å². The van der Waals surface area contributed by atoms with Gasteiger partial charge in [0.2, 0.25) is 5.13 Å². The summed E-state index contributed by atoms with van der Waals surface area (Å²) in [4.78, 5) is 18.8. The Morgan fingerprint density at radius 3 is 2.91 bits per heavy atom. The van der Waals surface area contributed by atoms with Gasteiger partial charge >= 0.3 is 6.03 Å². The van der Waals surface area contributed by atoms with E-state index in [-0.39, 0.29) is 29.5 Å². The minimum Gasteiger partial charge on any atom is -0.396 e. The fraction of sp³-hybridized carbons (Fsp3) is 0.800. The molecule has 0 aromatic carbocycles. The van der Waals surface area contributed by atoms with Gasteiger partial charge in [-0.25, -0.2) is 9.78 Å². The zero-order valence-corrected chi connectivity index (χ0v) is 14.2. The molecular formula is C15H24N4O2S. The van der Waals surface area contributed by atoms with Gasteiger partial charge in [0, 0.05) is 34.9 Å². The number of carbonyl (C=O) groups excluding carboxylic acids is 1. The van der Waals surface area contributed by atoms with E-state index in [4.69, 9.17) is 0 Å². The van der Waals surface area contributed by atoms with Crippen molar-refractivity contribution in [2.75, 3.05) is 18.5 Å². The molecule has 0 bridgehead atoms. The second-order valence-corrected chi connectivity index (χ2v) is 8.23. The Hall–Kier alpha value is -1.21. The summed E-state index contributed by atoms with van der Waals surface area (Å²) in [5.41, 5.74) is -0.195. The van der Waals surface area contributed by atoms with Crippen LogP contribution in [0.1, 0.15) is 52.3 Å². The van der Waals surface area contributed by atoms with E-state index in [0.29, 0.717) is 11.7 Å². The third kappa shape index (κ3) is 2.60. The number of amides is 2. The van der Waals surface area contributed by atoms with Crippen molar-refractivity contribution >= 4 is 22.7 Å². The number of hydrogen-bond donors (Lipinski definition) is 2. The van der Waals surface area contributed by atoms with Crippen LogP contribution in [0.2, 0.25) is 0 Å². The first-order valence-electron chi connectivity index (χ1n) is 7.88. The van der Waals surface area contributed by atoms with Gasteiger partial charge in [-0.2, -0.15) is 4.37 Å². The Bertz CT molecular complexity index is 568. The number of rotatable bonds is 2. The zero-order chi connectivity index (χ0) is 16.0. The first-order valence-corrected chi connectivity index (χ1v) is 8.66. The SMILES string of the molecule is CC(C)(C)c1nsc(NC(=O)N2CC[C@@]3(CO)CCC[C@@H]23)n1. The summed E-state index contributed by atoms with van der Waals surface area (Å²) in [6, 6.07) is 0.0475. The number of fused-ring (bicyclic) bond motifs is 1. The molecule has 0 unspecified atom stereocenters. The summed E-state index contributed by atoms with van der Waals surface area (Å²) in [5.74, 6) is 0.750. The van der Waals surface area contributed by atoms with Crippen molar-refractivity contribution in [3.8, 4) is 0 Å². The monoisotopic (exact) mass is 324 g/mol. The van der Waals surface area contributed by atoms with E-state index in [1.807, 2.05) is 4.90 Å². The zero-order valence-electron chi connectivity index (χ0n) is 13.4. The normalized spacial score (nSPS) is 28.0. The minimum atomic E-state index is -0.120. The highest BCUT2D eigenvalue weighted by Crippen LogP contribution is 2.48. The molecule has 2 N–H and O–H groups in total. The van der Waals surface area contributed by atoms with Crippen LogP contribution in [0.4, 0.5) is 9.93 Å². The van der Waals surface area contributed by atoms with E-state index in [1.54, 1.807) is 0 Å². The van der Waals surface area contributed by atoms with Crippen LogP contribution in [-0.4, -0.2) is 44.6 Å². The van der Waals surface area contributed by atoms with Gasteiger partial charge in [-0.3, -0.25) is 5.32 Å². The summed E-state index contributed by atoms with van der Waals surface area (Å²) in [6.07, 6.45) is 3.98. The topological polar surface area (TPSA) is 78.4 Å². The quantitative estimate of drug-likeness (QED) is 0.876. The molecule has 1 saturated carbocycles. The van der Waals surface area contributed by atoms with Gasteiger partial charge in [0.1, 0.15) is 5.82 Å². The first-order chi connectivity index (χ1) is 10.4. The molecule has 1 aromatic rings. The Kier molecular flexibility index (Phi) is 3.89. The number of likely N-dealkylation sites (tertiary alicyclic amines) is 1. The molecule has 2 aliphatic rings. The third-order valence-electron chi connectivity index (χ3n) is 4.97. The highest BCUT2D eigenvalue weighted by atomic mass is 32.1. The first kappa shape index (κ1) is 15.7. The van der Waals surface area contributed by atoms with Crippen LogP contribution in [0.15, 0.2) is 0 Å². The van der Waals surface area contributed by atoms with Crippen LogP contribution in [0.5, 0.6) is 0 Å². The number of nitrogens with zero attached hydrogens (tertiary/aromatic N) is 3.